The topological polar surface area (TPSA) is 99.1 Å². The van der Waals surface area contributed by atoms with Crippen molar-refractivity contribution in [3.63, 3.8) is 0 Å². The zero-order valence-electron chi connectivity index (χ0n) is 13.8. The van der Waals surface area contributed by atoms with Crippen LogP contribution in [-0.4, -0.2) is 72.5 Å². The van der Waals surface area contributed by atoms with Crippen LogP contribution in [-0.2, 0) is 14.3 Å². The lowest BCUT2D eigenvalue weighted by molar-refractivity contribution is -0.123. The van der Waals surface area contributed by atoms with Gasteiger partial charge in [-0.3, -0.25) is 14.5 Å². The van der Waals surface area contributed by atoms with Gasteiger partial charge in [0, 0.05) is 19.7 Å². The Morgan fingerprint density at radius 1 is 1.26 bits per heavy atom. The Kier molecular flexibility index (Phi) is 10.6. The number of nitrogens with zero attached hydrogens (tertiary/aromatic N) is 1. The normalized spacial score (nSPS) is 22.2. The molecule has 1 saturated heterocycles. The van der Waals surface area contributed by atoms with Crippen molar-refractivity contribution in [2.24, 2.45) is 0 Å². The maximum atomic E-state index is 11.8. The first kappa shape index (κ1) is 19.9. The molecule has 0 radical (unpaired) electrons. The van der Waals surface area contributed by atoms with Crippen molar-refractivity contribution in [1.29, 1.82) is 0 Å². The Bertz CT molecular complexity index is 334. The first-order chi connectivity index (χ1) is 11.2. The van der Waals surface area contributed by atoms with Gasteiger partial charge in [-0.1, -0.05) is 12.8 Å². The van der Waals surface area contributed by atoms with E-state index in [2.05, 4.69) is 5.32 Å². The van der Waals surface area contributed by atoms with Gasteiger partial charge in [-0.15, -0.1) is 0 Å². The molecule has 1 heterocycles. The number of hydrogen-bond acceptors (Lipinski definition) is 5. The van der Waals surface area contributed by atoms with Crippen molar-refractivity contribution in [3.05, 3.63) is 0 Å². The summed E-state index contributed by atoms with van der Waals surface area (Å²) in [6.45, 7) is 3.11. The van der Waals surface area contributed by atoms with Gasteiger partial charge in [-0.25, -0.2) is 0 Å². The number of carbonyl (C=O) groups excluding carboxylic acids is 1. The fraction of sp³-hybridized carbons (Fsp3) is 0.875. The smallest absolute Gasteiger partial charge is 0.290 e. The largest absolute Gasteiger partial charge is 0.483 e. The summed E-state index contributed by atoms with van der Waals surface area (Å²) in [5, 5.41) is 19.4. The lowest BCUT2D eigenvalue weighted by atomic mass is 10.1. The zero-order chi connectivity index (χ0) is 16.9. The quantitative estimate of drug-likeness (QED) is 0.467. The number of nitrogens with one attached hydrogen (secondary N) is 1. The van der Waals surface area contributed by atoms with E-state index in [-0.39, 0.29) is 18.5 Å². The number of likely N-dealkylation sites (tertiary alicyclic amines) is 1. The van der Waals surface area contributed by atoms with Gasteiger partial charge >= 0.3 is 0 Å². The fourth-order valence-corrected chi connectivity index (χ4v) is 3.04. The van der Waals surface area contributed by atoms with E-state index in [9.17, 15) is 9.90 Å². The second kappa shape index (κ2) is 12.3. The van der Waals surface area contributed by atoms with Gasteiger partial charge in [0.2, 0.25) is 5.91 Å². The molecular formula is C16H30N2O5. The van der Waals surface area contributed by atoms with Crippen LogP contribution >= 0.6 is 0 Å². The molecule has 1 atom stereocenters. The van der Waals surface area contributed by atoms with Crippen LogP contribution in [0.4, 0.5) is 0 Å². The monoisotopic (exact) mass is 330 g/mol. The molecule has 1 saturated carbocycles. The highest BCUT2D eigenvalue weighted by Gasteiger charge is 2.19. The summed E-state index contributed by atoms with van der Waals surface area (Å²) in [5.74, 6) is 0.0555. The van der Waals surface area contributed by atoms with Gasteiger partial charge in [-0.05, 0) is 38.6 Å². The molecule has 1 aliphatic heterocycles. The van der Waals surface area contributed by atoms with Crippen molar-refractivity contribution < 1.29 is 24.5 Å². The van der Waals surface area contributed by atoms with Crippen LogP contribution in [0.1, 0.15) is 44.9 Å². The van der Waals surface area contributed by atoms with Crippen LogP contribution < -0.4 is 5.32 Å². The van der Waals surface area contributed by atoms with E-state index >= 15 is 0 Å². The third-order valence-electron chi connectivity index (χ3n) is 4.15. The van der Waals surface area contributed by atoms with Crippen molar-refractivity contribution in [3.8, 4) is 0 Å². The average Bonchev–Trinajstić information content (AvgIpc) is 3.01. The number of hydrogen-bond donors (Lipinski definition) is 3. The summed E-state index contributed by atoms with van der Waals surface area (Å²) in [5.41, 5.74) is 0. The summed E-state index contributed by atoms with van der Waals surface area (Å²) in [7, 11) is 0. The van der Waals surface area contributed by atoms with Crippen LogP contribution in [0.2, 0.25) is 0 Å². The molecule has 0 aromatic heterocycles. The summed E-state index contributed by atoms with van der Waals surface area (Å²) >= 11 is 0. The van der Waals surface area contributed by atoms with E-state index < -0.39 is 0 Å². The van der Waals surface area contributed by atoms with E-state index in [1.165, 1.54) is 25.7 Å². The number of carboxylic acid groups (broad SMARTS) is 1. The molecule has 1 unspecified atom stereocenters. The Morgan fingerprint density at radius 3 is 2.61 bits per heavy atom. The van der Waals surface area contributed by atoms with Gasteiger partial charge in [-0.2, -0.15) is 0 Å². The predicted molar refractivity (Wildman–Crippen MR) is 86.2 cm³/mol. The minimum atomic E-state index is -0.267. The number of β-amino-alcohol motifs (C(OH)–C–C–N with tert-alkyl or cyclic N) is 1. The lowest BCUT2D eigenvalue weighted by Crippen LogP contribution is -2.44. The van der Waals surface area contributed by atoms with Crippen molar-refractivity contribution in [1.82, 2.24) is 10.2 Å². The highest BCUT2D eigenvalue weighted by atomic mass is 16.5. The lowest BCUT2D eigenvalue weighted by Gasteiger charge is -2.29. The van der Waals surface area contributed by atoms with E-state index in [1.807, 2.05) is 4.90 Å². The van der Waals surface area contributed by atoms with Crippen LogP contribution in [0.15, 0.2) is 0 Å². The molecule has 2 fully saturated rings. The number of amides is 1. The number of rotatable bonds is 7. The summed E-state index contributed by atoms with van der Waals surface area (Å²) in [4.78, 5) is 22.1. The van der Waals surface area contributed by atoms with E-state index in [0.29, 0.717) is 25.7 Å². The highest BCUT2D eigenvalue weighted by molar-refractivity contribution is 5.77. The number of carbonyl (C=O) groups is 2. The Morgan fingerprint density at radius 2 is 1.96 bits per heavy atom. The molecule has 1 amide bonds. The number of aliphatic hydroxyl groups is 1. The molecule has 23 heavy (non-hydrogen) atoms. The third kappa shape index (κ3) is 9.53. The second-order valence-corrected chi connectivity index (χ2v) is 6.12. The first-order valence-electron chi connectivity index (χ1n) is 8.52. The molecule has 2 rings (SSSR count). The zero-order valence-corrected chi connectivity index (χ0v) is 13.8. The fourth-order valence-electron chi connectivity index (χ4n) is 3.04. The molecule has 2 aliphatic rings. The molecule has 0 aromatic rings. The third-order valence-corrected chi connectivity index (χ3v) is 4.15. The number of aliphatic hydroxyl groups excluding tert-OH is 1. The maximum absolute atomic E-state index is 11.8. The van der Waals surface area contributed by atoms with Crippen molar-refractivity contribution >= 4 is 12.4 Å². The molecule has 7 nitrogen and oxygen atoms in total. The Balaban J connectivity index is 0.000000816. The maximum Gasteiger partial charge on any atom is 0.290 e. The molecule has 7 heteroatoms. The molecule has 0 spiro atoms. The van der Waals surface area contributed by atoms with Gasteiger partial charge in [0.05, 0.1) is 18.8 Å². The van der Waals surface area contributed by atoms with E-state index in [4.69, 9.17) is 14.6 Å². The second-order valence-electron chi connectivity index (χ2n) is 6.12. The van der Waals surface area contributed by atoms with Gasteiger partial charge in [0.15, 0.2) is 0 Å². The standard InChI is InChI=1S/C15H28N2O3.CH2O2/c18-13-5-3-9-17(11-13)12-15(19)16-8-4-10-20-14-6-1-2-7-14;2-1-3/h13-14,18H,1-12H2,(H,16,19);1H,(H,2,3). The first-order valence-corrected chi connectivity index (χ1v) is 8.52. The van der Waals surface area contributed by atoms with Crippen LogP contribution in [0, 0.1) is 0 Å². The van der Waals surface area contributed by atoms with Crippen LogP contribution in [0.25, 0.3) is 0 Å². The van der Waals surface area contributed by atoms with E-state index in [1.54, 1.807) is 0 Å². The van der Waals surface area contributed by atoms with Crippen molar-refractivity contribution in [2.45, 2.75) is 57.2 Å². The van der Waals surface area contributed by atoms with Gasteiger partial charge in [0.25, 0.3) is 6.47 Å². The molecule has 3 N–H and O–H groups in total. The highest BCUT2D eigenvalue weighted by Crippen LogP contribution is 2.20. The Labute approximate surface area is 138 Å². The predicted octanol–water partition coefficient (Wildman–Crippen LogP) is 0.609. The molecule has 1 aliphatic carbocycles. The van der Waals surface area contributed by atoms with Gasteiger partial charge in [0.1, 0.15) is 0 Å². The molecule has 0 bridgehead atoms. The molecule has 0 aromatic carbocycles. The van der Waals surface area contributed by atoms with Crippen LogP contribution in [0.5, 0.6) is 0 Å². The summed E-state index contributed by atoms with van der Waals surface area (Å²) in [6.07, 6.45) is 7.89. The summed E-state index contributed by atoms with van der Waals surface area (Å²) in [6, 6.07) is 0. The Hall–Kier alpha value is -1.18. The van der Waals surface area contributed by atoms with E-state index in [0.717, 1.165) is 32.4 Å². The van der Waals surface area contributed by atoms with Crippen molar-refractivity contribution in [2.75, 3.05) is 32.8 Å². The minimum absolute atomic E-state index is 0.0555. The molecular weight excluding hydrogens is 300 g/mol. The average molecular weight is 330 g/mol. The number of ether oxygens (including phenoxy) is 1. The summed E-state index contributed by atoms with van der Waals surface area (Å²) < 4.78 is 5.75. The number of piperidine rings is 1. The minimum Gasteiger partial charge on any atom is -0.483 e. The SMILES string of the molecule is O=C(CN1CCCC(O)C1)NCCCOC1CCCC1.O=CO. The van der Waals surface area contributed by atoms with Crippen LogP contribution in [0.3, 0.4) is 0 Å². The molecule has 134 valence electrons. The van der Waals surface area contributed by atoms with Gasteiger partial charge < -0.3 is 20.3 Å².